The standard InChI is InChI=1S/C39H39N3O23P2.3C6H15N/c43-14-26-29(46)31(48)33(50)38(63-26)64-67(58,59)65-66(56,57)60-15-27-30(47)32(49)36(62-27)42-13-17(35(52)41-39(42)55)2-1-9-40-34(51)16-3-6-20(37(53)54)23(10-16)28-21-7-4-18(44)11-24(21)61-25-12-19(45)5-8-22(25)28;3*1-4-7(5-2)6-3/h1-8,10-13,26-27,29-33,36,38,43-44,46-50H,9,14-15H2,(H,40,51)(H,53,54)(H,56,57)(H,58,59)(H,41,52,55);3*4-6H2,1-3H3/b2-1+;;;/t26?,27-,29-,30-,31-,32-,33?,36-,38+;;;/m1.../s1. The number of fused-ring (bicyclic) bond motifs is 2. The van der Waals surface area contributed by atoms with Gasteiger partial charge in [0.2, 0.25) is 0 Å². The molecule has 0 spiro atoms. The smallest absolute Gasteiger partial charge is 0.483 e. The van der Waals surface area contributed by atoms with Gasteiger partial charge in [-0.3, -0.25) is 33.0 Å². The number of phosphoric ester groups is 2. The number of phenols is 1. The number of aromatic nitrogens is 2. The Kier molecular flexibility index (Phi) is 29.6. The van der Waals surface area contributed by atoms with Gasteiger partial charge in [-0.25, -0.2) is 18.7 Å². The molecule has 88 heavy (non-hydrogen) atoms. The number of aromatic hydroxyl groups is 1. The molecule has 490 valence electrons. The van der Waals surface area contributed by atoms with Crippen LogP contribution in [-0.2, 0) is 32.0 Å². The monoisotopic (exact) mass is 1280 g/mol. The first-order valence-electron chi connectivity index (χ1n) is 28.7. The van der Waals surface area contributed by atoms with E-state index in [1.165, 1.54) is 120 Å². The molecule has 2 fully saturated rings. The quantitative estimate of drug-likeness (QED) is 0.0312. The van der Waals surface area contributed by atoms with E-state index in [-0.39, 0.29) is 45.9 Å². The molecule has 3 aliphatic heterocycles. The van der Waals surface area contributed by atoms with Crippen molar-refractivity contribution < 1.29 is 96.6 Å². The first-order chi connectivity index (χ1) is 41.6. The van der Waals surface area contributed by atoms with Crippen LogP contribution in [0.25, 0.3) is 39.5 Å². The number of amides is 1. The number of hydrogen-bond acceptors (Lipinski definition) is 23. The Morgan fingerprint density at radius 1 is 0.705 bits per heavy atom. The number of carboxylic acid groups (broad SMARTS) is 1. The van der Waals surface area contributed by atoms with Crippen molar-refractivity contribution in [2.24, 2.45) is 0 Å². The minimum Gasteiger partial charge on any atom is -0.508 e. The number of nitrogens with one attached hydrogen (secondary N) is 2. The Balaban J connectivity index is 0.000000673. The Hall–Kier alpha value is -5.89. The van der Waals surface area contributed by atoms with Crippen molar-refractivity contribution in [2.45, 2.75) is 118 Å². The fraction of sp³-hybridized carbons (Fsp3) is 0.526. The third-order valence-electron chi connectivity index (χ3n) is 14.5. The summed E-state index contributed by atoms with van der Waals surface area (Å²) in [7, 11) is -11.4. The average Bonchev–Trinajstić information content (AvgIpc) is 1.47. The number of ether oxygens (including phenoxy) is 2. The summed E-state index contributed by atoms with van der Waals surface area (Å²) in [6, 6.07) is 11.8. The number of nitrogens with zero attached hydrogens (tertiary/aromatic N) is 4. The molecule has 7 rings (SSSR count). The van der Waals surface area contributed by atoms with Gasteiger partial charge >= 0.3 is 27.3 Å². The largest absolute Gasteiger partial charge is 0.508 e. The summed E-state index contributed by atoms with van der Waals surface area (Å²) < 4.78 is 55.2. The molecule has 12 N–H and O–H groups in total. The third kappa shape index (κ3) is 20.3. The molecular formula is C57H84N6O23P2. The highest BCUT2D eigenvalue weighted by Gasteiger charge is 2.50. The Morgan fingerprint density at radius 3 is 1.83 bits per heavy atom. The van der Waals surface area contributed by atoms with E-state index in [2.05, 4.69) is 95.7 Å². The van der Waals surface area contributed by atoms with E-state index in [1.54, 1.807) is 0 Å². The van der Waals surface area contributed by atoms with Crippen molar-refractivity contribution in [1.29, 1.82) is 0 Å². The van der Waals surface area contributed by atoms with Crippen LogP contribution in [0.15, 0.2) is 85.7 Å². The maximum absolute atomic E-state index is 13.4. The normalized spacial score (nSPS) is 22.3. The fourth-order valence-electron chi connectivity index (χ4n) is 9.21. The number of rotatable bonds is 24. The number of aliphatic hydroxyl groups excluding tert-OH is 6. The second-order valence-corrected chi connectivity index (χ2v) is 22.8. The molecule has 1 aliphatic carbocycles. The topological polar surface area (TPSA) is 424 Å². The lowest BCUT2D eigenvalue weighted by Crippen LogP contribution is -2.58. The Bertz CT molecular complexity index is 3280. The van der Waals surface area contributed by atoms with Crippen LogP contribution in [-0.4, -0.2) is 214 Å². The van der Waals surface area contributed by atoms with E-state index in [1.807, 2.05) is 4.98 Å². The van der Waals surface area contributed by atoms with Crippen LogP contribution >= 0.6 is 15.6 Å². The van der Waals surface area contributed by atoms with Gasteiger partial charge in [-0.15, -0.1) is 0 Å². The van der Waals surface area contributed by atoms with E-state index >= 15 is 0 Å². The molecule has 3 aromatic rings. The summed E-state index contributed by atoms with van der Waals surface area (Å²) in [5, 5.41) is 83.6. The first-order valence-corrected chi connectivity index (χ1v) is 31.7. The summed E-state index contributed by atoms with van der Waals surface area (Å²) in [6.45, 7) is 28.0. The van der Waals surface area contributed by atoms with Crippen LogP contribution in [0.5, 0.6) is 5.75 Å². The first kappa shape index (κ1) is 74.6. The van der Waals surface area contributed by atoms with Gasteiger partial charge in [0.1, 0.15) is 59.8 Å². The van der Waals surface area contributed by atoms with Crippen LogP contribution in [0.3, 0.4) is 0 Å². The number of aromatic carboxylic acids is 1. The van der Waals surface area contributed by atoms with Crippen LogP contribution < -0.4 is 22.0 Å². The van der Waals surface area contributed by atoms with E-state index < -0.39 is 113 Å². The van der Waals surface area contributed by atoms with Gasteiger partial charge in [0.15, 0.2) is 17.9 Å². The number of phenolic OH excluding ortho intramolecular Hbond substituents is 1. The highest BCUT2D eigenvalue weighted by molar-refractivity contribution is 7.61. The van der Waals surface area contributed by atoms with E-state index in [0.717, 1.165) is 12.3 Å². The minimum absolute atomic E-state index is 0.0125. The zero-order valence-corrected chi connectivity index (χ0v) is 52.4. The van der Waals surface area contributed by atoms with Crippen LogP contribution in [0.2, 0.25) is 0 Å². The molecule has 0 radical (unpaired) electrons. The number of phosphoric acid groups is 2. The predicted octanol–water partition coefficient (Wildman–Crippen LogP) is 2.98. The molecule has 1 aromatic heterocycles. The third-order valence-corrected chi connectivity index (χ3v) is 17.1. The zero-order chi connectivity index (χ0) is 65.8. The molecule has 0 saturated carbocycles. The summed E-state index contributed by atoms with van der Waals surface area (Å²) in [5.41, 5.74) is -2.16. The van der Waals surface area contributed by atoms with Crippen molar-refractivity contribution in [1.82, 2.24) is 29.6 Å². The van der Waals surface area contributed by atoms with Crippen molar-refractivity contribution >= 4 is 44.6 Å². The molecule has 0 bridgehead atoms. The fourth-order valence-corrected chi connectivity index (χ4v) is 11.4. The van der Waals surface area contributed by atoms with Gasteiger partial charge in [0, 0.05) is 47.0 Å². The molecule has 4 aliphatic rings. The lowest BCUT2D eigenvalue weighted by Gasteiger charge is -2.39. The number of H-pyrrole nitrogens is 1. The number of carbonyl (C=O) groups is 2. The van der Waals surface area contributed by atoms with E-state index in [4.69, 9.17) is 13.9 Å². The molecule has 4 heterocycles. The lowest BCUT2D eigenvalue weighted by molar-refractivity contribution is -0.280. The van der Waals surface area contributed by atoms with Gasteiger partial charge in [-0.2, -0.15) is 4.31 Å². The molecule has 1 amide bonds. The zero-order valence-electron chi connectivity index (χ0n) is 50.6. The second-order valence-electron chi connectivity index (χ2n) is 19.8. The highest BCUT2D eigenvalue weighted by Crippen LogP contribution is 2.61. The summed E-state index contributed by atoms with van der Waals surface area (Å²) in [4.78, 5) is 92.8. The Morgan fingerprint density at radius 2 is 1.28 bits per heavy atom. The van der Waals surface area contributed by atoms with Gasteiger partial charge in [-0.1, -0.05) is 74.5 Å². The molecule has 29 nitrogen and oxygen atoms in total. The number of hydrogen-bond donors (Lipinski definition) is 12. The molecule has 31 heteroatoms. The summed E-state index contributed by atoms with van der Waals surface area (Å²) >= 11 is 0. The number of aromatic amines is 1. The number of aliphatic hydroxyl groups is 6. The van der Waals surface area contributed by atoms with E-state index in [0.29, 0.717) is 21.1 Å². The number of carbonyl (C=O) groups excluding carboxylic acids is 1. The average molecular weight is 1280 g/mol. The summed E-state index contributed by atoms with van der Waals surface area (Å²) in [6.07, 6.45) is -14.1. The van der Waals surface area contributed by atoms with Gasteiger partial charge in [0.05, 0.1) is 24.3 Å². The van der Waals surface area contributed by atoms with Gasteiger partial charge in [0.25, 0.3) is 11.5 Å². The SMILES string of the molecule is CCN(CC)CC.CCN(CC)CC.CCN(CC)CC.O=C(NC/C=C/c1cn([C@@H]2O[C@H](COP(=O)(O)OP(=O)(O)O[C@@H]3OC(CO)[C@@H](O)[C@@H](O)C3O)[C@@H](O)[C@H]2O)c(=O)[nH]c1=O)c1ccc(C(=O)O)c(-c2c3ccc(=O)cc-3oc3cc(O)ccc23)c1. The maximum atomic E-state index is 13.4. The number of benzene rings is 3. The maximum Gasteiger partial charge on any atom is 0.483 e. The summed E-state index contributed by atoms with van der Waals surface area (Å²) in [5.74, 6) is -2.13. The minimum atomic E-state index is -5.73. The van der Waals surface area contributed by atoms with Crippen LogP contribution in [0.4, 0.5) is 0 Å². The molecule has 11 atom stereocenters. The van der Waals surface area contributed by atoms with Crippen molar-refractivity contribution in [2.75, 3.05) is 78.7 Å². The van der Waals surface area contributed by atoms with Gasteiger partial charge < -0.3 is 84.5 Å². The predicted molar refractivity (Wildman–Crippen MR) is 324 cm³/mol. The van der Waals surface area contributed by atoms with Crippen molar-refractivity contribution in [3.05, 3.63) is 115 Å². The van der Waals surface area contributed by atoms with Gasteiger partial charge in [-0.05, 0) is 107 Å². The number of carboxylic acids is 1. The highest BCUT2D eigenvalue weighted by atomic mass is 31.3. The van der Waals surface area contributed by atoms with Crippen LogP contribution in [0, 0.1) is 0 Å². The van der Waals surface area contributed by atoms with Crippen molar-refractivity contribution in [3.63, 3.8) is 0 Å². The Labute approximate surface area is 508 Å². The molecule has 4 unspecified atom stereocenters. The molecule has 2 aromatic carbocycles. The molecular weight excluding hydrogens is 1200 g/mol. The lowest BCUT2D eigenvalue weighted by atomic mass is 9.89. The molecule has 2 saturated heterocycles. The van der Waals surface area contributed by atoms with Crippen LogP contribution in [0.1, 0.15) is 94.8 Å². The second kappa shape index (κ2) is 34.9. The van der Waals surface area contributed by atoms with E-state index in [9.17, 15) is 83.7 Å². The van der Waals surface area contributed by atoms with Crippen molar-refractivity contribution in [3.8, 4) is 28.2 Å².